The minimum absolute atomic E-state index is 0.00121. The first-order valence-electron chi connectivity index (χ1n) is 13.7. The number of allylic oxidation sites excluding steroid dienone is 2. The highest BCUT2D eigenvalue weighted by Gasteiger charge is 2.44. The van der Waals surface area contributed by atoms with Gasteiger partial charge in [0.15, 0.2) is 5.60 Å². The normalized spacial score (nSPS) is 30.8. The summed E-state index contributed by atoms with van der Waals surface area (Å²) in [6.07, 6.45) is 0.643. The van der Waals surface area contributed by atoms with Crippen molar-refractivity contribution in [3.63, 3.8) is 0 Å². The van der Waals surface area contributed by atoms with Crippen LogP contribution in [-0.2, 0) is 36.6 Å². The Morgan fingerprint density at radius 1 is 1.10 bits per heavy atom. The lowest BCUT2D eigenvalue weighted by Gasteiger charge is -2.43. The molecule has 4 rings (SSSR count). The van der Waals surface area contributed by atoms with Gasteiger partial charge in [-0.15, -0.1) is 0 Å². The summed E-state index contributed by atoms with van der Waals surface area (Å²) in [4.78, 5) is 25.1. The van der Waals surface area contributed by atoms with Crippen molar-refractivity contribution in [2.45, 2.75) is 95.7 Å². The lowest BCUT2D eigenvalue weighted by Crippen LogP contribution is -2.46. The number of cyclic esters (lactones) is 1. The molecule has 40 heavy (non-hydrogen) atoms. The van der Waals surface area contributed by atoms with E-state index in [-0.39, 0.29) is 43.3 Å². The fourth-order valence-corrected chi connectivity index (χ4v) is 5.80. The number of halogens is 3. The molecule has 3 aliphatic rings. The molecule has 1 aromatic carbocycles. The maximum atomic E-state index is 13.3. The number of ether oxygens (including phenoxy) is 3. The van der Waals surface area contributed by atoms with Gasteiger partial charge in [-0.2, -0.15) is 13.2 Å². The molecule has 1 heterocycles. The van der Waals surface area contributed by atoms with Gasteiger partial charge in [-0.3, -0.25) is 4.79 Å². The number of esters is 2. The summed E-state index contributed by atoms with van der Waals surface area (Å²) < 4.78 is 55.7. The maximum Gasteiger partial charge on any atom is 0.416 e. The van der Waals surface area contributed by atoms with Crippen molar-refractivity contribution in [3.05, 3.63) is 59.2 Å². The molecule has 0 saturated carbocycles. The first-order chi connectivity index (χ1) is 18.7. The lowest BCUT2D eigenvalue weighted by molar-refractivity contribution is -0.180. The summed E-state index contributed by atoms with van der Waals surface area (Å²) >= 11 is 0. The van der Waals surface area contributed by atoms with E-state index in [2.05, 4.69) is 13.0 Å². The van der Waals surface area contributed by atoms with Crippen LogP contribution in [0.15, 0.2) is 48.1 Å². The van der Waals surface area contributed by atoms with Crippen molar-refractivity contribution in [2.24, 2.45) is 17.8 Å². The molecule has 7 atom stereocenters. The highest BCUT2D eigenvalue weighted by molar-refractivity contribution is 5.78. The topological polar surface area (TPSA) is 102 Å². The van der Waals surface area contributed by atoms with Crippen molar-refractivity contribution in [1.82, 2.24) is 0 Å². The molecule has 1 fully saturated rings. The Morgan fingerprint density at radius 2 is 1.80 bits per heavy atom. The smallest absolute Gasteiger partial charge is 0.416 e. The highest BCUT2D eigenvalue weighted by atomic mass is 19.4. The summed E-state index contributed by atoms with van der Waals surface area (Å²) in [7, 11) is 0. The third-order valence-corrected chi connectivity index (χ3v) is 8.06. The van der Waals surface area contributed by atoms with Crippen molar-refractivity contribution < 1.29 is 47.2 Å². The van der Waals surface area contributed by atoms with Crippen molar-refractivity contribution in [2.75, 3.05) is 0 Å². The number of carbonyl (C=O) groups is 2. The summed E-state index contributed by atoms with van der Waals surface area (Å²) in [6, 6.07) is 4.55. The maximum absolute atomic E-state index is 13.3. The van der Waals surface area contributed by atoms with E-state index in [9.17, 15) is 33.0 Å². The van der Waals surface area contributed by atoms with Gasteiger partial charge in [0.25, 0.3) is 0 Å². The molecule has 0 radical (unpaired) electrons. The summed E-state index contributed by atoms with van der Waals surface area (Å²) in [6.45, 7) is 5.06. The predicted molar refractivity (Wildman–Crippen MR) is 139 cm³/mol. The van der Waals surface area contributed by atoms with E-state index in [0.717, 1.165) is 17.7 Å². The van der Waals surface area contributed by atoms with Gasteiger partial charge in [0.2, 0.25) is 0 Å². The Bertz CT molecular complexity index is 1130. The van der Waals surface area contributed by atoms with Crippen LogP contribution in [0.4, 0.5) is 13.2 Å². The summed E-state index contributed by atoms with van der Waals surface area (Å²) in [5.74, 6) is -1.07. The molecule has 1 saturated heterocycles. The van der Waals surface area contributed by atoms with Gasteiger partial charge in [-0.05, 0) is 61.8 Å². The molecule has 10 heteroatoms. The van der Waals surface area contributed by atoms with Crippen molar-refractivity contribution in [3.8, 4) is 0 Å². The first-order valence-corrected chi connectivity index (χ1v) is 13.7. The molecule has 0 aromatic heterocycles. The number of benzene rings is 1. The van der Waals surface area contributed by atoms with Crippen LogP contribution in [0.5, 0.6) is 0 Å². The molecular weight excluding hydrogens is 529 g/mol. The molecule has 2 N–H and O–H groups in total. The SMILES string of the molecule is C[C@H]1C=CC2=C[C@@H](O)C[C@H](OC(=O)C(C)(C)OCc3ccc(C(F)(F)F)cc3)[C@@H]2[C@H]1CC[C@@H]1C[C@@H](O)CC(=O)O1. The number of alkyl halides is 3. The summed E-state index contributed by atoms with van der Waals surface area (Å²) in [5, 5.41) is 20.5. The highest BCUT2D eigenvalue weighted by Crippen LogP contribution is 2.44. The van der Waals surface area contributed by atoms with Crippen LogP contribution in [0.25, 0.3) is 0 Å². The molecule has 7 nitrogen and oxygen atoms in total. The number of rotatable bonds is 8. The molecule has 0 unspecified atom stereocenters. The minimum atomic E-state index is -4.44. The van der Waals surface area contributed by atoms with Crippen LogP contribution < -0.4 is 0 Å². The van der Waals surface area contributed by atoms with Gasteiger partial charge in [0.1, 0.15) is 12.2 Å². The largest absolute Gasteiger partial charge is 0.462 e. The Hall–Kier alpha value is -2.69. The molecule has 0 spiro atoms. The lowest BCUT2D eigenvalue weighted by atomic mass is 9.66. The van der Waals surface area contributed by atoms with Gasteiger partial charge in [-0.25, -0.2) is 4.79 Å². The van der Waals surface area contributed by atoms with E-state index in [1.165, 1.54) is 12.1 Å². The molecule has 1 aromatic rings. The fourth-order valence-electron chi connectivity index (χ4n) is 5.80. The Morgan fingerprint density at radius 3 is 2.45 bits per heavy atom. The van der Waals surface area contributed by atoms with Gasteiger partial charge in [0.05, 0.1) is 30.8 Å². The zero-order chi connectivity index (χ0) is 29.2. The average Bonchev–Trinajstić information content (AvgIpc) is 2.86. The monoisotopic (exact) mass is 566 g/mol. The number of carbonyl (C=O) groups excluding carboxylic acids is 2. The zero-order valence-corrected chi connectivity index (χ0v) is 22.9. The molecule has 2 aliphatic carbocycles. The second-order valence-corrected chi connectivity index (χ2v) is 11.6. The molecular formula is C30H37F3O7. The van der Waals surface area contributed by atoms with E-state index >= 15 is 0 Å². The van der Waals surface area contributed by atoms with Gasteiger partial charge in [0, 0.05) is 18.8 Å². The van der Waals surface area contributed by atoms with Crippen LogP contribution in [-0.4, -0.2) is 52.2 Å². The van der Waals surface area contributed by atoms with Gasteiger partial charge >= 0.3 is 18.1 Å². The number of hydrogen-bond acceptors (Lipinski definition) is 7. The Balaban J connectivity index is 1.42. The molecule has 0 amide bonds. The quantitative estimate of drug-likeness (QED) is 0.432. The van der Waals surface area contributed by atoms with Crippen molar-refractivity contribution >= 4 is 11.9 Å². The van der Waals surface area contributed by atoms with Crippen LogP contribution in [0, 0.1) is 17.8 Å². The number of hydrogen-bond donors (Lipinski definition) is 2. The number of fused-ring (bicyclic) bond motifs is 1. The molecule has 1 aliphatic heterocycles. The van der Waals surface area contributed by atoms with Crippen LogP contribution in [0.2, 0.25) is 0 Å². The Labute approximate surface area is 232 Å². The van der Waals surface area contributed by atoms with E-state index in [0.29, 0.717) is 24.8 Å². The summed E-state index contributed by atoms with van der Waals surface area (Å²) in [5.41, 5.74) is -0.805. The van der Waals surface area contributed by atoms with Gasteiger partial charge < -0.3 is 24.4 Å². The standard InChI is InChI=1S/C30H37F3O7/c1-17-4-7-19-12-21(34)14-25(27(19)24(17)11-10-23-13-22(35)15-26(36)39-23)40-28(37)29(2,3)38-16-18-5-8-20(9-6-18)30(31,32)33/h4-9,12,17,21-25,27,34-35H,10-11,13-16H2,1-3H3/t17-,21+,22+,23+,24-,25-,27-/m0/s1. The van der Waals surface area contributed by atoms with Crippen LogP contribution in [0.3, 0.4) is 0 Å². The van der Waals surface area contributed by atoms with Crippen molar-refractivity contribution in [1.29, 1.82) is 0 Å². The van der Waals surface area contributed by atoms with Crippen LogP contribution >= 0.6 is 0 Å². The fraction of sp³-hybridized carbons (Fsp3) is 0.600. The van der Waals surface area contributed by atoms with E-state index in [4.69, 9.17) is 14.2 Å². The Kier molecular flexibility index (Phi) is 9.11. The van der Waals surface area contributed by atoms with E-state index < -0.39 is 47.6 Å². The second kappa shape index (κ2) is 12.0. The minimum Gasteiger partial charge on any atom is -0.462 e. The molecule has 0 bridgehead atoms. The van der Waals surface area contributed by atoms with Crippen LogP contribution in [0.1, 0.15) is 64.0 Å². The third-order valence-electron chi connectivity index (χ3n) is 8.06. The van der Waals surface area contributed by atoms with Gasteiger partial charge in [-0.1, -0.05) is 37.3 Å². The number of aliphatic hydroxyl groups is 2. The first kappa shape index (κ1) is 30.3. The van der Waals surface area contributed by atoms with E-state index in [1.807, 2.05) is 6.08 Å². The second-order valence-electron chi connectivity index (χ2n) is 11.6. The number of aliphatic hydroxyl groups excluding tert-OH is 2. The predicted octanol–water partition coefficient (Wildman–Crippen LogP) is 4.89. The third kappa shape index (κ3) is 7.33. The zero-order valence-electron chi connectivity index (χ0n) is 22.9. The molecule has 220 valence electrons. The van der Waals surface area contributed by atoms with E-state index in [1.54, 1.807) is 19.9 Å². The average molecular weight is 567 g/mol.